The minimum Gasteiger partial charge on any atom is -0.382 e. The first-order valence-electron chi connectivity index (χ1n) is 6.72. The Morgan fingerprint density at radius 1 is 1.11 bits per heavy atom. The summed E-state index contributed by atoms with van der Waals surface area (Å²) in [4.78, 5) is 4.17. The Kier molecular flexibility index (Phi) is 12.1. The number of ether oxygens (including phenoxy) is 2. The highest BCUT2D eigenvalue weighted by Crippen LogP contribution is 1.95. The quantitative estimate of drug-likeness (QED) is 0.352. The van der Waals surface area contributed by atoms with E-state index >= 15 is 0 Å². The lowest BCUT2D eigenvalue weighted by atomic mass is 10.1. The van der Waals surface area contributed by atoms with E-state index in [1.165, 1.54) is 0 Å². The first-order chi connectivity index (χ1) is 8.70. The summed E-state index contributed by atoms with van der Waals surface area (Å²) in [6.45, 7) is 8.34. The monoisotopic (exact) mass is 259 g/mol. The highest BCUT2D eigenvalue weighted by atomic mass is 16.5. The van der Waals surface area contributed by atoms with E-state index in [9.17, 15) is 0 Å². The Balaban J connectivity index is 3.39. The van der Waals surface area contributed by atoms with Crippen molar-refractivity contribution < 1.29 is 9.47 Å². The summed E-state index contributed by atoms with van der Waals surface area (Å²) in [7, 11) is 3.47. The normalized spacial score (nSPS) is 11.9. The third-order valence-electron chi connectivity index (χ3n) is 2.43. The average molecular weight is 259 g/mol. The summed E-state index contributed by atoms with van der Waals surface area (Å²) in [5.74, 6) is 1.58. The van der Waals surface area contributed by atoms with Crippen LogP contribution in [0.5, 0.6) is 0 Å². The van der Waals surface area contributed by atoms with Crippen LogP contribution in [0.1, 0.15) is 26.7 Å². The average Bonchev–Trinajstić information content (AvgIpc) is 2.35. The second-order valence-electron chi connectivity index (χ2n) is 4.57. The Bertz CT molecular complexity index is 208. The summed E-state index contributed by atoms with van der Waals surface area (Å²) < 4.78 is 10.3. The molecule has 0 saturated heterocycles. The largest absolute Gasteiger partial charge is 0.382 e. The number of guanidine groups is 1. The number of nitrogens with one attached hydrogen (secondary N) is 2. The molecule has 0 aromatic heterocycles. The van der Waals surface area contributed by atoms with Crippen LogP contribution in [-0.4, -0.2) is 53.0 Å². The van der Waals surface area contributed by atoms with Crippen LogP contribution in [0.3, 0.4) is 0 Å². The molecule has 0 atom stereocenters. The van der Waals surface area contributed by atoms with Gasteiger partial charge in [-0.3, -0.25) is 4.99 Å². The lowest BCUT2D eigenvalue weighted by Crippen LogP contribution is -2.38. The lowest BCUT2D eigenvalue weighted by Gasteiger charge is -2.12. The van der Waals surface area contributed by atoms with Gasteiger partial charge in [-0.05, 0) is 18.8 Å². The van der Waals surface area contributed by atoms with Crippen molar-refractivity contribution in [2.75, 3.05) is 47.1 Å². The van der Waals surface area contributed by atoms with Crippen LogP contribution in [0, 0.1) is 5.92 Å². The predicted octanol–water partition coefficient (Wildman–Crippen LogP) is 1.25. The van der Waals surface area contributed by atoms with Crippen molar-refractivity contribution in [3.05, 3.63) is 0 Å². The molecule has 0 rings (SSSR count). The molecule has 5 heteroatoms. The molecule has 0 aliphatic heterocycles. The van der Waals surface area contributed by atoms with E-state index in [1.54, 1.807) is 14.2 Å². The molecule has 0 saturated carbocycles. The van der Waals surface area contributed by atoms with Crippen molar-refractivity contribution in [1.29, 1.82) is 0 Å². The van der Waals surface area contributed by atoms with Crippen LogP contribution < -0.4 is 10.6 Å². The number of hydrogen-bond acceptors (Lipinski definition) is 3. The molecule has 0 heterocycles. The Morgan fingerprint density at radius 3 is 2.44 bits per heavy atom. The molecule has 0 aliphatic carbocycles. The van der Waals surface area contributed by atoms with Gasteiger partial charge in [0.15, 0.2) is 5.96 Å². The molecule has 0 radical (unpaired) electrons. The summed E-state index contributed by atoms with van der Waals surface area (Å²) >= 11 is 0. The van der Waals surface area contributed by atoms with Crippen molar-refractivity contribution in [2.45, 2.75) is 26.7 Å². The van der Waals surface area contributed by atoms with Crippen molar-refractivity contribution in [2.24, 2.45) is 10.9 Å². The maximum absolute atomic E-state index is 5.38. The van der Waals surface area contributed by atoms with Crippen LogP contribution in [0.25, 0.3) is 0 Å². The van der Waals surface area contributed by atoms with Crippen LogP contribution >= 0.6 is 0 Å². The van der Waals surface area contributed by atoms with E-state index in [1.807, 2.05) is 0 Å². The summed E-state index contributed by atoms with van der Waals surface area (Å²) in [6.07, 6.45) is 2.12. The molecule has 0 bridgehead atoms. The van der Waals surface area contributed by atoms with Gasteiger partial charge in [-0.1, -0.05) is 13.8 Å². The maximum Gasteiger partial charge on any atom is 0.190 e. The number of hydrogen-bond donors (Lipinski definition) is 2. The van der Waals surface area contributed by atoms with Crippen molar-refractivity contribution in [3.63, 3.8) is 0 Å². The van der Waals surface area contributed by atoms with Gasteiger partial charge >= 0.3 is 0 Å². The van der Waals surface area contributed by atoms with Gasteiger partial charge in [0.25, 0.3) is 0 Å². The number of rotatable bonds is 10. The molecule has 2 N–H and O–H groups in total. The molecule has 0 fully saturated rings. The standard InChI is InChI=1S/C13H29N3O2/c1-12(2)6-8-16-13(14-3)15-7-5-9-18-11-10-17-4/h12H,5-11H2,1-4H3,(H2,14,15,16). The minimum atomic E-state index is 0.659. The third-order valence-corrected chi connectivity index (χ3v) is 2.43. The molecular formula is C13H29N3O2. The smallest absolute Gasteiger partial charge is 0.190 e. The molecule has 5 nitrogen and oxygen atoms in total. The Hall–Kier alpha value is -0.810. The van der Waals surface area contributed by atoms with Gasteiger partial charge < -0.3 is 20.1 Å². The second kappa shape index (κ2) is 12.6. The summed E-state index contributed by atoms with van der Waals surface area (Å²) in [5.41, 5.74) is 0. The van der Waals surface area contributed by atoms with E-state index in [-0.39, 0.29) is 0 Å². The molecule has 0 aromatic carbocycles. The van der Waals surface area contributed by atoms with Crippen LogP contribution in [-0.2, 0) is 9.47 Å². The van der Waals surface area contributed by atoms with Crippen molar-refractivity contribution in [3.8, 4) is 0 Å². The highest BCUT2D eigenvalue weighted by Gasteiger charge is 1.98. The van der Waals surface area contributed by atoms with Gasteiger partial charge in [0.05, 0.1) is 13.2 Å². The summed E-state index contributed by atoms with van der Waals surface area (Å²) in [5, 5.41) is 6.55. The van der Waals surface area contributed by atoms with Gasteiger partial charge in [0.1, 0.15) is 0 Å². The second-order valence-corrected chi connectivity index (χ2v) is 4.57. The Morgan fingerprint density at radius 2 is 1.83 bits per heavy atom. The van der Waals surface area contributed by atoms with Crippen LogP contribution in [0.15, 0.2) is 4.99 Å². The molecule has 108 valence electrons. The zero-order chi connectivity index (χ0) is 13.6. The molecule has 0 spiro atoms. The van der Waals surface area contributed by atoms with E-state index in [4.69, 9.17) is 9.47 Å². The highest BCUT2D eigenvalue weighted by molar-refractivity contribution is 5.79. The maximum atomic E-state index is 5.38. The number of methoxy groups -OCH3 is 1. The third kappa shape index (κ3) is 11.7. The van der Waals surface area contributed by atoms with Crippen molar-refractivity contribution in [1.82, 2.24) is 10.6 Å². The van der Waals surface area contributed by atoms with Crippen LogP contribution in [0.2, 0.25) is 0 Å². The molecule has 0 unspecified atom stereocenters. The molecule has 18 heavy (non-hydrogen) atoms. The fraction of sp³-hybridized carbons (Fsp3) is 0.923. The zero-order valence-electron chi connectivity index (χ0n) is 12.3. The zero-order valence-corrected chi connectivity index (χ0v) is 12.3. The fourth-order valence-corrected chi connectivity index (χ4v) is 1.33. The Labute approximate surface area is 111 Å². The molecule has 0 amide bonds. The first-order valence-corrected chi connectivity index (χ1v) is 6.72. The topological polar surface area (TPSA) is 54.9 Å². The predicted molar refractivity (Wildman–Crippen MR) is 76.1 cm³/mol. The van der Waals surface area contributed by atoms with Gasteiger partial charge in [-0.25, -0.2) is 0 Å². The van der Waals surface area contributed by atoms with Gasteiger partial charge in [0, 0.05) is 33.9 Å². The SMILES string of the molecule is CN=C(NCCCOCCOC)NCCC(C)C. The van der Waals surface area contributed by atoms with E-state index < -0.39 is 0 Å². The van der Waals surface area contributed by atoms with E-state index in [0.717, 1.165) is 38.5 Å². The summed E-state index contributed by atoms with van der Waals surface area (Å²) in [6, 6.07) is 0. The van der Waals surface area contributed by atoms with E-state index in [0.29, 0.717) is 19.1 Å². The molecule has 0 aromatic rings. The molecular weight excluding hydrogens is 230 g/mol. The van der Waals surface area contributed by atoms with Crippen molar-refractivity contribution >= 4 is 5.96 Å². The van der Waals surface area contributed by atoms with Gasteiger partial charge in [-0.2, -0.15) is 0 Å². The molecule has 0 aliphatic rings. The van der Waals surface area contributed by atoms with Crippen LogP contribution in [0.4, 0.5) is 0 Å². The lowest BCUT2D eigenvalue weighted by molar-refractivity contribution is 0.0698. The van der Waals surface area contributed by atoms with Gasteiger partial charge in [-0.15, -0.1) is 0 Å². The minimum absolute atomic E-state index is 0.659. The first kappa shape index (κ1) is 17.2. The number of nitrogens with zero attached hydrogens (tertiary/aromatic N) is 1. The van der Waals surface area contributed by atoms with Gasteiger partial charge in [0.2, 0.25) is 0 Å². The van der Waals surface area contributed by atoms with E-state index in [2.05, 4.69) is 29.5 Å². The number of aliphatic imine (C=N–C) groups is 1. The fourth-order valence-electron chi connectivity index (χ4n) is 1.33.